The van der Waals surface area contributed by atoms with Gasteiger partial charge in [-0.25, -0.2) is 0 Å². The molecule has 2 rings (SSSR count). The normalized spacial score (nSPS) is 12.4. The number of amides is 1. The Morgan fingerprint density at radius 3 is 2.96 bits per heavy atom. The minimum absolute atomic E-state index is 0.251. The average Bonchev–Trinajstić information content (AvgIpc) is 3.05. The predicted octanol–water partition coefficient (Wildman–Crippen LogP) is 2.83. The van der Waals surface area contributed by atoms with Gasteiger partial charge in [0.1, 0.15) is 5.76 Å². The minimum Gasteiger partial charge on any atom is -0.465 e. The first-order valence-corrected chi connectivity index (χ1v) is 8.61. The van der Waals surface area contributed by atoms with E-state index in [1.54, 1.807) is 37.6 Å². The molecular weight excluding hydrogens is 314 g/mol. The summed E-state index contributed by atoms with van der Waals surface area (Å²) in [6.45, 7) is 0.473. The number of ether oxygens (including phenoxy) is 1. The van der Waals surface area contributed by atoms with Gasteiger partial charge >= 0.3 is 0 Å². The first kappa shape index (κ1) is 17.2. The van der Waals surface area contributed by atoms with Crippen molar-refractivity contribution in [1.82, 2.24) is 0 Å². The van der Waals surface area contributed by atoms with Crippen LogP contribution in [0.5, 0.6) is 0 Å². The Morgan fingerprint density at radius 1 is 1.35 bits per heavy atom. The lowest BCUT2D eigenvalue weighted by atomic mass is 10.2. The van der Waals surface area contributed by atoms with E-state index in [-0.39, 0.29) is 5.91 Å². The fourth-order valence-corrected chi connectivity index (χ4v) is 2.95. The maximum atomic E-state index is 11.9. The van der Waals surface area contributed by atoms with E-state index in [0.717, 1.165) is 5.56 Å². The third-order valence-corrected chi connectivity index (χ3v) is 4.26. The second-order valence-corrected chi connectivity index (χ2v) is 6.40. The number of nitrogens with one attached hydrogen (secondary N) is 1. The summed E-state index contributed by atoms with van der Waals surface area (Å²) < 4.78 is 21.9. The highest BCUT2D eigenvalue weighted by molar-refractivity contribution is 7.84. The fraction of sp³-hybridized carbons (Fsp3) is 0.235. The Balaban J connectivity index is 1.91. The van der Waals surface area contributed by atoms with E-state index in [1.165, 1.54) is 6.08 Å². The summed E-state index contributed by atoms with van der Waals surface area (Å²) in [5.41, 5.74) is 1.58. The summed E-state index contributed by atoms with van der Waals surface area (Å²) in [7, 11) is 0.607. The zero-order valence-electron chi connectivity index (χ0n) is 12.9. The average molecular weight is 333 g/mol. The highest BCUT2D eigenvalue weighted by atomic mass is 32.2. The van der Waals surface area contributed by atoms with Gasteiger partial charge in [-0.05, 0) is 35.9 Å². The molecule has 1 heterocycles. The number of benzene rings is 1. The van der Waals surface area contributed by atoms with E-state index in [1.807, 2.05) is 18.2 Å². The number of furan rings is 1. The predicted molar refractivity (Wildman–Crippen MR) is 91.4 cm³/mol. The first-order valence-electron chi connectivity index (χ1n) is 7.13. The fourth-order valence-electron chi connectivity index (χ4n) is 1.90. The lowest BCUT2D eigenvalue weighted by Crippen LogP contribution is -2.09. The topological polar surface area (TPSA) is 68.5 Å². The quantitative estimate of drug-likeness (QED) is 0.754. The summed E-state index contributed by atoms with van der Waals surface area (Å²) in [6, 6.07) is 10.8. The molecule has 1 aromatic carbocycles. The standard InChI is InChI=1S/C17H19NO4S/c1-21-10-11-23(20)13-14-4-2-5-15(12-14)18-17(19)8-7-16-6-3-9-22-16/h2-9,12H,10-11,13H2,1H3,(H,18,19)/b8-7-/t23-/m0/s1. The number of carbonyl (C=O) groups excluding carboxylic acids is 1. The molecule has 1 amide bonds. The Bertz CT molecular complexity index is 680. The van der Waals surface area contributed by atoms with E-state index in [4.69, 9.17) is 9.15 Å². The van der Waals surface area contributed by atoms with Crippen LogP contribution in [0.4, 0.5) is 5.69 Å². The van der Waals surface area contributed by atoms with Crippen molar-refractivity contribution in [2.75, 3.05) is 24.8 Å². The molecule has 122 valence electrons. The summed E-state index contributed by atoms with van der Waals surface area (Å²) in [5.74, 6) is 1.30. The third-order valence-electron chi connectivity index (χ3n) is 2.98. The SMILES string of the molecule is COCC[S@](=O)Cc1cccc(NC(=O)/C=C\c2ccco2)c1. The molecule has 1 N–H and O–H groups in total. The van der Waals surface area contributed by atoms with E-state index in [0.29, 0.717) is 29.6 Å². The summed E-state index contributed by atoms with van der Waals surface area (Å²) in [4.78, 5) is 11.9. The monoisotopic (exact) mass is 333 g/mol. The van der Waals surface area contributed by atoms with Crippen LogP contribution >= 0.6 is 0 Å². The number of rotatable bonds is 8. The van der Waals surface area contributed by atoms with Gasteiger partial charge in [-0.1, -0.05) is 12.1 Å². The molecule has 1 atom stereocenters. The molecule has 0 saturated carbocycles. The molecule has 0 aliphatic heterocycles. The van der Waals surface area contributed by atoms with Crippen LogP contribution in [0.15, 0.2) is 53.2 Å². The smallest absolute Gasteiger partial charge is 0.248 e. The maximum absolute atomic E-state index is 11.9. The van der Waals surface area contributed by atoms with Crippen molar-refractivity contribution in [2.24, 2.45) is 0 Å². The van der Waals surface area contributed by atoms with Gasteiger partial charge in [-0.15, -0.1) is 0 Å². The molecule has 5 nitrogen and oxygen atoms in total. The van der Waals surface area contributed by atoms with Crippen molar-refractivity contribution >= 4 is 28.5 Å². The third kappa shape index (κ3) is 6.22. The van der Waals surface area contributed by atoms with Gasteiger partial charge in [0.2, 0.25) is 5.91 Å². The highest BCUT2D eigenvalue weighted by Gasteiger charge is 2.04. The zero-order chi connectivity index (χ0) is 16.5. The van der Waals surface area contributed by atoms with Crippen LogP contribution in [-0.4, -0.2) is 29.6 Å². The number of hydrogen-bond acceptors (Lipinski definition) is 4. The van der Waals surface area contributed by atoms with Gasteiger partial charge in [0.25, 0.3) is 0 Å². The van der Waals surface area contributed by atoms with Crippen molar-refractivity contribution in [3.8, 4) is 0 Å². The van der Waals surface area contributed by atoms with Gasteiger partial charge < -0.3 is 14.5 Å². The molecule has 0 radical (unpaired) electrons. The lowest BCUT2D eigenvalue weighted by Gasteiger charge is -2.06. The van der Waals surface area contributed by atoms with Crippen molar-refractivity contribution in [2.45, 2.75) is 5.75 Å². The minimum atomic E-state index is -0.980. The Labute approximate surface area is 137 Å². The Kier molecular flexibility index (Phi) is 6.77. The second kappa shape index (κ2) is 9.07. The highest BCUT2D eigenvalue weighted by Crippen LogP contribution is 2.13. The van der Waals surface area contributed by atoms with Crippen LogP contribution in [0, 0.1) is 0 Å². The van der Waals surface area contributed by atoms with E-state index in [2.05, 4.69) is 5.32 Å². The number of hydrogen-bond donors (Lipinski definition) is 1. The van der Waals surface area contributed by atoms with Crippen molar-refractivity contribution in [3.63, 3.8) is 0 Å². The van der Waals surface area contributed by atoms with Crippen LogP contribution in [0.25, 0.3) is 6.08 Å². The van der Waals surface area contributed by atoms with Crippen molar-refractivity contribution in [3.05, 3.63) is 60.1 Å². The van der Waals surface area contributed by atoms with Gasteiger partial charge in [-0.2, -0.15) is 0 Å². The van der Waals surface area contributed by atoms with Gasteiger partial charge in [0, 0.05) is 41.2 Å². The Hall–Kier alpha value is -2.18. The van der Waals surface area contributed by atoms with Crippen LogP contribution in [-0.2, 0) is 26.1 Å². The largest absolute Gasteiger partial charge is 0.465 e. The van der Waals surface area contributed by atoms with Crippen LogP contribution in [0.1, 0.15) is 11.3 Å². The number of methoxy groups -OCH3 is 1. The molecule has 0 fully saturated rings. The zero-order valence-corrected chi connectivity index (χ0v) is 13.7. The van der Waals surface area contributed by atoms with Gasteiger partial charge in [-0.3, -0.25) is 9.00 Å². The molecule has 0 spiro atoms. The molecule has 0 saturated heterocycles. The van der Waals surface area contributed by atoms with Crippen LogP contribution in [0.2, 0.25) is 0 Å². The molecular formula is C17H19NO4S. The molecule has 2 aromatic rings. The summed E-state index contributed by atoms with van der Waals surface area (Å²) >= 11 is 0. The Morgan fingerprint density at radius 2 is 2.22 bits per heavy atom. The maximum Gasteiger partial charge on any atom is 0.248 e. The van der Waals surface area contributed by atoms with Crippen LogP contribution in [0.3, 0.4) is 0 Å². The lowest BCUT2D eigenvalue weighted by molar-refractivity contribution is -0.111. The van der Waals surface area contributed by atoms with Gasteiger partial charge in [0.05, 0.1) is 12.9 Å². The van der Waals surface area contributed by atoms with Crippen molar-refractivity contribution < 1.29 is 18.2 Å². The first-order chi connectivity index (χ1) is 11.2. The molecule has 0 unspecified atom stereocenters. The molecule has 0 bridgehead atoms. The van der Waals surface area contributed by atoms with E-state index >= 15 is 0 Å². The van der Waals surface area contributed by atoms with Gasteiger partial charge in [0.15, 0.2) is 0 Å². The molecule has 0 aliphatic carbocycles. The number of carbonyl (C=O) groups is 1. The van der Waals surface area contributed by atoms with Crippen molar-refractivity contribution in [1.29, 1.82) is 0 Å². The molecule has 0 aliphatic rings. The van der Waals surface area contributed by atoms with E-state index < -0.39 is 10.8 Å². The van der Waals surface area contributed by atoms with E-state index in [9.17, 15) is 9.00 Å². The molecule has 1 aromatic heterocycles. The molecule has 23 heavy (non-hydrogen) atoms. The van der Waals surface area contributed by atoms with Crippen LogP contribution < -0.4 is 5.32 Å². The summed E-state index contributed by atoms with van der Waals surface area (Å²) in [5, 5.41) is 2.77. The second-order valence-electron chi connectivity index (χ2n) is 4.82. The number of anilines is 1. The summed E-state index contributed by atoms with van der Waals surface area (Å²) in [6.07, 6.45) is 4.55. The molecule has 6 heteroatoms.